The van der Waals surface area contributed by atoms with E-state index in [2.05, 4.69) is 6.07 Å². The molecule has 0 aliphatic heterocycles. The molecule has 0 spiro atoms. The Balaban J connectivity index is 3.43. The number of hydrogen-bond acceptors (Lipinski definition) is 2. The first kappa shape index (κ1) is 12.2. The normalized spacial score (nSPS) is 10.9. The molecule has 1 amide bonds. The molecule has 0 aromatic heterocycles. The summed E-state index contributed by atoms with van der Waals surface area (Å²) >= 11 is 0. The quantitative estimate of drug-likeness (QED) is 0.828. The maximum absolute atomic E-state index is 13.6. The molecule has 4 heteroatoms. The number of nitrogens with two attached hydrogens (primary N) is 1. The van der Waals surface area contributed by atoms with Gasteiger partial charge in [-0.3, -0.25) is 4.79 Å². The van der Waals surface area contributed by atoms with Gasteiger partial charge in [0.2, 0.25) is 0 Å². The average Bonchev–Trinajstić information content (AvgIpc) is 2.15. The molecule has 0 atom stereocenters. The fourth-order valence-electron chi connectivity index (χ4n) is 1.48. The van der Waals surface area contributed by atoms with Crippen molar-refractivity contribution in [2.75, 3.05) is 0 Å². The molecule has 0 aliphatic rings. The Kier molecular flexibility index (Phi) is 2.99. The summed E-state index contributed by atoms with van der Waals surface area (Å²) in [7, 11) is 0. The van der Waals surface area contributed by atoms with Crippen LogP contribution < -0.4 is 5.73 Å². The Morgan fingerprint density at radius 2 is 2.06 bits per heavy atom. The maximum atomic E-state index is 13.6. The van der Waals surface area contributed by atoms with Crippen LogP contribution in [0.2, 0.25) is 0 Å². The second-order valence-corrected chi connectivity index (χ2v) is 4.25. The van der Waals surface area contributed by atoms with Crippen LogP contribution in [0.15, 0.2) is 12.1 Å². The molecule has 0 aliphatic carbocycles. The minimum Gasteiger partial charge on any atom is -0.365 e. The van der Waals surface area contributed by atoms with Crippen molar-refractivity contribution < 1.29 is 9.18 Å². The lowest BCUT2D eigenvalue weighted by Crippen LogP contribution is -2.19. The number of benzene rings is 1. The summed E-state index contributed by atoms with van der Waals surface area (Å²) in [5, 5.41) is 8.94. The van der Waals surface area contributed by atoms with E-state index >= 15 is 0 Å². The number of hydrogen-bond donors (Lipinski definition) is 1. The number of nitriles is 1. The van der Waals surface area contributed by atoms with Crippen molar-refractivity contribution in [1.82, 2.24) is 0 Å². The van der Waals surface area contributed by atoms with Crippen LogP contribution in [-0.2, 0) is 5.41 Å². The van der Waals surface area contributed by atoms with Gasteiger partial charge in [0, 0.05) is 0 Å². The van der Waals surface area contributed by atoms with Crippen LogP contribution in [-0.4, -0.2) is 5.91 Å². The van der Waals surface area contributed by atoms with Gasteiger partial charge in [0.15, 0.2) is 0 Å². The number of rotatable bonds is 2. The molecule has 0 unspecified atom stereocenters. The Bertz CT molecular complexity index is 463. The van der Waals surface area contributed by atoms with Gasteiger partial charge in [-0.15, -0.1) is 0 Å². The van der Waals surface area contributed by atoms with Crippen molar-refractivity contribution in [2.24, 2.45) is 5.73 Å². The van der Waals surface area contributed by atoms with Crippen molar-refractivity contribution in [3.8, 4) is 6.07 Å². The third kappa shape index (κ3) is 2.03. The maximum Gasteiger partial charge on any atom is 0.251 e. The lowest BCUT2D eigenvalue weighted by atomic mass is 9.84. The highest BCUT2D eigenvalue weighted by atomic mass is 19.1. The van der Waals surface area contributed by atoms with Crippen LogP contribution in [0, 0.1) is 24.1 Å². The van der Waals surface area contributed by atoms with Crippen LogP contribution in [0.4, 0.5) is 4.39 Å². The van der Waals surface area contributed by atoms with Crippen molar-refractivity contribution in [2.45, 2.75) is 26.2 Å². The first-order chi connectivity index (χ1) is 7.29. The summed E-state index contributed by atoms with van der Waals surface area (Å²) in [6.07, 6.45) is 0. The van der Waals surface area contributed by atoms with Gasteiger partial charge >= 0.3 is 0 Å². The van der Waals surface area contributed by atoms with E-state index in [1.165, 1.54) is 6.07 Å². The zero-order valence-electron chi connectivity index (χ0n) is 9.47. The van der Waals surface area contributed by atoms with Crippen molar-refractivity contribution in [3.05, 3.63) is 34.6 Å². The fraction of sp³-hybridized carbons (Fsp3) is 0.333. The molecule has 0 saturated heterocycles. The fourth-order valence-corrected chi connectivity index (χ4v) is 1.48. The topological polar surface area (TPSA) is 66.9 Å². The van der Waals surface area contributed by atoms with Crippen molar-refractivity contribution >= 4 is 5.91 Å². The van der Waals surface area contributed by atoms with Crippen LogP contribution >= 0.6 is 0 Å². The predicted octanol–water partition coefficient (Wildman–Crippen LogP) is 2.03. The monoisotopic (exact) mass is 220 g/mol. The van der Waals surface area contributed by atoms with Gasteiger partial charge in [0.05, 0.1) is 17.0 Å². The standard InChI is InChI=1S/C12H13FN2O/c1-7-4-8(12(2,3)6-14)5-9(13)10(7)11(15)16/h4-5H,1-3H3,(H2,15,16). The zero-order chi connectivity index (χ0) is 12.5. The van der Waals surface area contributed by atoms with Gasteiger partial charge in [-0.2, -0.15) is 5.26 Å². The molecule has 16 heavy (non-hydrogen) atoms. The molecule has 84 valence electrons. The van der Waals surface area contributed by atoms with Gasteiger partial charge in [0.1, 0.15) is 5.82 Å². The minimum absolute atomic E-state index is 0.113. The molecule has 0 saturated carbocycles. The van der Waals surface area contributed by atoms with E-state index in [-0.39, 0.29) is 5.56 Å². The summed E-state index contributed by atoms with van der Waals surface area (Å²) in [6, 6.07) is 4.89. The number of aryl methyl sites for hydroxylation is 1. The SMILES string of the molecule is Cc1cc(C(C)(C)C#N)cc(F)c1C(N)=O. The van der Waals surface area contributed by atoms with E-state index in [9.17, 15) is 9.18 Å². The Hall–Kier alpha value is -1.89. The highest BCUT2D eigenvalue weighted by Gasteiger charge is 2.23. The average molecular weight is 220 g/mol. The summed E-state index contributed by atoms with van der Waals surface area (Å²) in [6.45, 7) is 4.97. The largest absolute Gasteiger partial charge is 0.365 e. The molecule has 0 heterocycles. The third-order valence-corrected chi connectivity index (χ3v) is 2.53. The number of halogens is 1. The molecule has 1 aromatic carbocycles. The molecule has 2 N–H and O–H groups in total. The Labute approximate surface area is 93.7 Å². The number of amides is 1. The second-order valence-electron chi connectivity index (χ2n) is 4.25. The smallest absolute Gasteiger partial charge is 0.251 e. The molecule has 1 rings (SSSR count). The highest BCUT2D eigenvalue weighted by Crippen LogP contribution is 2.26. The van der Waals surface area contributed by atoms with Crippen LogP contribution in [0.3, 0.4) is 0 Å². The van der Waals surface area contributed by atoms with E-state index in [1.807, 2.05) is 0 Å². The van der Waals surface area contributed by atoms with Crippen molar-refractivity contribution in [3.63, 3.8) is 0 Å². The van der Waals surface area contributed by atoms with Crippen LogP contribution in [0.5, 0.6) is 0 Å². The van der Waals surface area contributed by atoms with Crippen molar-refractivity contribution in [1.29, 1.82) is 5.26 Å². The lowest BCUT2D eigenvalue weighted by Gasteiger charge is -2.17. The molecule has 0 radical (unpaired) electrons. The Morgan fingerprint density at radius 3 is 2.44 bits per heavy atom. The van der Waals surface area contributed by atoms with Crippen LogP contribution in [0.1, 0.15) is 35.3 Å². The van der Waals surface area contributed by atoms with Gasteiger partial charge in [-0.1, -0.05) is 6.07 Å². The van der Waals surface area contributed by atoms with E-state index in [0.29, 0.717) is 11.1 Å². The Morgan fingerprint density at radius 1 is 1.50 bits per heavy atom. The van der Waals surface area contributed by atoms with E-state index in [1.54, 1.807) is 26.8 Å². The molecule has 0 fully saturated rings. The summed E-state index contributed by atoms with van der Waals surface area (Å²) in [5.74, 6) is -1.47. The number of nitrogens with zero attached hydrogens (tertiary/aromatic N) is 1. The zero-order valence-corrected chi connectivity index (χ0v) is 9.47. The van der Waals surface area contributed by atoms with Gasteiger partial charge in [-0.05, 0) is 38.0 Å². The number of primary amides is 1. The van der Waals surface area contributed by atoms with Gasteiger partial charge in [-0.25, -0.2) is 4.39 Å². The number of carbonyl (C=O) groups is 1. The summed E-state index contributed by atoms with van der Waals surface area (Å²) in [4.78, 5) is 11.0. The van der Waals surface area contributed by atoms with E-state index in [4.69, 9.17) is 11.0 Å². The van der Waals surface area contributed by atoms with Gasteiger partial charge < -0.3 is 5.73 Å². The van der Waals surface area contributed by atoms with Gasteiger partial charge in [0.25, 0.3) is 5.91 Å². The highest BCUT2D eigenvalue weighted by molar-refractivity contribution is 5.94. The minimum atomic E-state index is -0.795. The molecular weight excluding hydrogens is 207 g/mol. The lowest BCUT2D eigenvalue weighted by molar-refractivity contribution is 0.0996. The number of carbonyl (C=O) groups excluding carboxylic acids is 1. The van der Waals surface area contributed by atoms with E-state index in [0.717, 1.165) is 0 Å². The first-order valence-electron chi connectivity index (χ1n) is 4.81. The van der Waals surface area contributed by atoms with E-state index < -0.39 is 17.1 Å². The summed E-state index contributed by atoms with van der Waals surface area (Å²) < 4.78 is 13.6. The molecule has 1 aromatic rings. The summed E-state index contributed by atoms with van der Waals surface area (Å²) in [5.41, 5.74) is 5.15. The second kappa shape index (κ2) is 3.93. The first-order valence-corrected chi connectivity index (χ1v) is 4.81. The molecule has 3 nitrogen and oxygen atoms in total. The molecule has 0 bridgehead atoms. The predicted molar refractivity (Wildman–Crippen MR) is 58.3 cm³/mol. The molecular formula is C12H13FN2O. The third-order valence-electron chi connectivity index (χ3n) is 2.53. The van der Waals surface area contributed by atoms with Crippen LogP contribution in [0.25, 0.3) is 0 Å².